The molecule has 0 aliphatic heterocycles. The van der Waals surface area contributed by atoms with E-state index in [9.17, 15) is 17.6 Å². The number of alkyl halides is 4. The van der Waals surface area contributed by atoms with Gasteiger partial charge in [-0.25, -0.2) is 17.6 Å². The number of halogens is 4. The normalized spacial score (nSPS) is 15.8. The third kappa shape index (κ3) is 6.26. The maximum absolute atomic E-state index is 13.4. The number of ether oxygens (including phenoxy) is 1. The molecule has 1 rings (SSSR count). The minimum Gasteiger partial charge on any atom is -0.490 e. The predicted octanol–water partition coefficient (Wildman–Crippen LogP) is 1.66. The maximum atomic E-state index is 13.4. The van der Waals surface area contributed by atoms with Gasteiger partial charge in [-0.05, 0) is 30.5 Å². The predicted molar refractivity (Wildman–Crippen MR) is 82.0 cm³/mol. The van der Waals surface area contributed by atoms with Crippen LogP contribution in [0.1, 0.15) is 12.0 Å². The first kappa shape index (κ1) is 20.7. The van der Waals surface area contributed by atoms with E-state index in [2.05, 4.69) is 0 Å². The van der Waals surface area contributed by atoms with E-state index < -0.39 is 37.3 Å². The summed E-state index contributed by atoms with van der Waals surface area (Å²) in [6.45, 7) is -2.99. The summed E-state index contributed by atoms with van der Waals surface area (Å²) in [5.41, 5.74) is 5.54. The molecular weight excluding hydrogens is 330 g/mol. The first-order valence-corrected chi connectivity index (χ1v) is 7.55. The summed E-state index contributed by atoms with van der Waals surface area (Å²) >= 11 is 0. The quantitative estimate of drug-likeness (QED) is 0.529. The number of aliphatic hydroxyl groups is 2. The molecule has 0 heterocycles. The molecule has 0 saturated carbocycles. The topological polar surface area (TPSA) is 75.7 Å². The maximum Gasteiger partial charge on any atom is 0.168 e. The van der Waals surface area contributed by atoms with E-state index in [0.29, 0.717) is 12.8 Å². The van der Waals surface area contributed by atoms with Crippen LogP contribution in [0.3, 0.4) is 0 Å². The van der Waals surface area contributed by atoms with Crippen molar-refractivity contribution < 1.29 is 32.5 Å². The smallest absolute Gasteiger partial charge is 0.168 e. The van der Waals surface area contributed by atoms with Crippen molar-refractivity contribution in [3.05, 3.63) is 29.8 Å². The van der Waals surface area contributed by atoms with Crippen LogP contribution in [0.15, 0.2) is 24.3 Å². The molecule has 0 bridgehead atoms. The van der Waals surface area contributed by atoms with Crippen molar-refractivity contribution >= 4 is 0 Å². The summed E-state index contributed by atoms with van der Waals surface area (Å²) in [5, 5.41) is 18.2. The Kier molecular flexibility index (Phi) is 8.44. The number of hydrogen-bond donors (Lipinski definition) is 3. The molecule has 138 valence electrons. The first-order valence-electron chi connectivity index (χ1n) is 7.55. The standard InChI is InChI=1S/C16H23F4NO3/c17-7-13(18)15(20)14(19)8-24-12-3-1-11(2-4-12)5-6-16(21,9-22)10-23/h1-4,13-15,22-23H,5-10,21H2/t13-,14+,15+/m0/s1. The Morgan fingerprint density at radius 3 is 2.12 bits per heavy atom. The van der Waals surface area contributed by atoms with Gasteiger partial charge < -0.3 is 20.7 Å². The number of nitrogens with two attached hydrogens (primary N) is 1. The van der Waals surface area contributed by atoms with E-state index in [-0.39, 0.29) is 19.0 Å². The zero-order valence-electron chi connectivity index (χ0n) is 13.2. The molecule has 0 aliphatic rings. The fraction of sp³-hybridized carbons (Fsp3) is 0.625. The van der Waals surface area contributed by atoms with Gasteiger partial charge >= 0.3 is 0 Å². The number of rotatable bonds is 11. The minimum absolute atomic E-state index is 0.257. The fourth-order valence-corrected chi connectivity index (χ4v) is 1.93. The van der Waals surface area contributed by atoms with Crippen molar-refractivity contribution in [1.82, 2.24) is 0 Å². The van der Waals surface area contributed by atoms with Crippen LogP contribution in [0.4, 0.5) is 17.6 Å². The van der Waals surface area contributed by atoms with Crippen LogP contribution in [0.25, 0.3) is 0 Å². The van der Waals surface area contributed by atoms with Crippen LogP contribution in [0.2, 0.25) is 0 Å². The third-order valence-corrected chi connectivity index (χ3v) is 3.71. The van der Waals surface area contributed by atoms with E-state index in [1.165, 1.54) is 12.1 Å². The molecule has 0 saturated heterocycles. The molecule has 0 aromatic heterocycles. The Labute approximate surface area is 138 Å². The van der Waals surface area contributed by atoms with Crippen LogP contribution in [-0.2, 0) is 6.42 Å². The van der Waals surface area contributed by atoms with Crippen molar-refractivity contribution in [2.24, 2.45) is 5.73 Å². The van der Waals surface area contributed by atoms with E-state index in [1.807, 2.05) is 0 Å². The number of hydrogen-bond acceptors (Lipinski definition) is 4. The second-order valence-corrected chi connectivity index (χ2v) is 5.76. The molecule has 1 aromatic rings. The average molecular weight is 353 g/mol. The zero-order valence-corrected chi connectivity index (χ0v) is 13.2. The molecular formula is C16H23F4NO3. The van der Waals surface area contributed by atoms with Crippen LogP contribution in [0, 0.1) is 0 Å². The Hall–Kier alpha value is -1.38. The van der Waals surface area contributed by atoms with Gasteiger partial charge in [0, 0.05) is 0 Å². The lowest BCUT2D eigenvalue weighted by atomic mass is 9.94. The lowest BCUT2D eigenvalue weighted by molar-refractivity contribution is 0.0422. The Morgan fingerprint density at radius 1 is 1.04 bits per heavy atom. The summed E-state index contributed by atoms with van der Waals surface area (Å²) in [4.78, 5) is 0. The highest BCUT2D eigenvalue weighted by Gasteiger charge is 2.30. The Morgan fingerprint density at radius 2 is 1.62 bits per heavy atom. The van der Waals surface area contributed by atoms with Gasteiger partial charge in [-0.1, -0.05) is 12.1 Å². The highest BCUT2D eigenvalue weighted by atomic mass is 19.2. The molecule has 8 heteroatoms. The number of aryl methyl sites for hydroxylation is 1. The first-order chi connectivity index (χ1) is 11.3. The van der Waals surface area contributed by atoms with Crippen molar-refractivity contribution in [2.75, 3.05) is 26.5 Å². The molecule has 0 amide bonds. The number of aliphatic hydroxyl groups excluding tert-OH is 2. The van der Waals surface area contributed by atoms with Gasteiger partial charge in [0.25, 0.3) is 0 Å². The SMILES string of the molecule is NC(CO)(CO)CCc1ccc(OC[C@@H](F)[C@H](F)[C@@H](F)CF)cc1. The van der Waals surface area contributed by atoms with Gasteiger partial charge in [0.05, 0.1) is 18.8 Å². The minimum atomic E-state index is -2.57. The van der Waals surface area contributed by atoms with Crippen molar-refractivity contribution in [3.63, 3.8) is 0 Å². The van der Waals surface area contributed by atoms with E-state index in [4.69, 9.17) is 20.7 Å². The van der Waals surface area contributed by atoms with E-state index in [1.54, 1.807) is 12.1 Å². The molecule has 0 radical (unpaired) electrons. The molecule has 1 aromatic carbocycles. The van der Waals surface area contributed by atoms with Crippen LogP contribution in [-0.4, -0.2) is 60.8 Å². The van der Waals surface area contributed by atoms with Gasteiger partial charge in [-0.15, -0.1) is 0 Å². The second-order valence-electron chi connectivity index (χ2n) is 5.76. The molecule has 0 spiro atoms. The average Bonchev–Trinajstić information content (AvgIpc) is 2.63. The van der Waals surface area contributed by atoms with Gasteiger partial charge in [-0.2, -0.15) is 0 Å². The van der Waals surface area contributed by atoms with Crippen LogP contribution in [0.5, 0.6) is 5.75 Å². The largest absolute Gasteiger partial charge is 0.490 e. The third-order valence-electron chi connectivity index (χ3n) is 3.71. The van der Waals surface area contributed by atoms with Gasteiger partial charge in [-0.3, -0.25) is 0 Å². The Bertz CT molecular complexity index is 471. The van der Waals surface area contributed by atoms with Gasteiger partial charge in [0.1, 0.15) is 19.0 Å². The van der Waals surface area contributed by atoms with Crippen molar-refractivity contribution in [3.8, 4) is 5.75 Å². The van der Waals surface area contributed by atoms with Gasteiger partial charge in [0.15, 0.2) is 18.5 Å². The van der Waals surface area contributed by atoms with E-state index in [0.717, 1.165) is 5.56 Å². The lowest BCUT2D eigenvalue weighted by Gasteiger charge is -2.24. The summed E-state index contributed by atoms with van der Waals surface area (Å²) in [5.74, 6) is 0.257. The van der Waals surface area contributed by atoms with Gasteiger partial charge in [0.2, 0.25) is 0 Å². The van der Waals surface area contributed by atoms with Crippen LogP contribution < -0.4 is 10.5 Å². The fourth-order valence-electron chi connectivity index (χ4n) is 1.93. The molecule has 4 N–H and O–H groups in total. The second kappa shape index (κ2) is 9.80. The van der Waals surface area contributed by atoms with Crippen molar-refractivity contribution in [2.45, 2.75) is 36.9 Å². The molecule has 0 aliphatic carbocycles. The van der Waals surface area contributed by atoms with E-state index >= 15 is 0 Å². The number of benzene rings is 1. The lowest BCUT2D eigenvalue weighted by Crippen LogP contribution is -2.47. The highest BCUT2D eigenvalue weighted by molar-refractivity contribution is 5.27. The van der Waals surface area contributed by atoms with Crippen molar-refractivity contribution in [1.29, 1.82) is 0 Å². The summed E-state index contributed by atoms with van der Waals surface area (Å²) in [6.07, 6.45) is -6.47. The molecule has 24 heavy (non-hydrogen) atoms. The highest BCUT2D eigenvalue weighted by Crippen LogP contribution is 2.18. The Balaban J connectivity index is 2.47. The van der Waals surface area contributed by atoms with Crippen LogP contribution >= 0.6 is 0 Å². The molecule has 3 atom stereocenters. The molecule has 0 fully saturated rings. The summed E-state index contributed by atoms with van der Waals surface area (Å²) in [6, 6.07) is 6.38. The summed E-state index contributed by atoms with van der Waals surface area (Å²) in [7, 11) is 0. The zero-order chi connectivity index (χ0) is 18.2. The molecule has 0 unspecified atom stereocenters. The monoisotopic (exact) mass is 353 g/mol. The molecule has 4 nitrogen and oxygen atoms in total. The summed E-state index contributed by atoms with van der Waals surface area (Å²) < 4.78 is 56.1.